The van der Waals surface area contributed by atoms with E-state index in [0.29, 0.717) is 35.6 Å². The predicted molar refractivity (Wildman–Crippen MR) is 111 cm³/mol. The molecule has 5 rings (SSSR count). The summed E-state index contributed by atoms with van der Waals surface area (Å²) < 4.78 is 0. The standard InChI is InChI=1S/C21H27N7/c1-13(15-7-8-15)22-20-25-19(26-21(27-20)23-14(2)16-9-10-16)17-5-3-6-18(24-17)28-11-4-12-28/h3,5-6,13,15-16H,4,7-12H2,1-2H3,(H,22,25,26,27)/b23-14+/t13-/m1/s1. The number of aliphatic imine (C=N–C) groups is 1. The molecule has 0 amide bonds. The van der Waals surface area contributed by atoms with Crippen molar-refractivity contribution in [1.29, 1.82) is 0 Å². The Bertz CT molecular complexity index is 897. The lowest BCUT2D eigenvalue weighted by Crippen LogP contribution is -2.37. The number of pyridine rings is 1. The van der Waals surface area contributed by atoms with Crippen molar-refractivity contribution in [2.45, 2.75) is 52.0 Å². The minimum absolute atomic E-state index is 0.358. The molecule has 0 spiro atoms. The zero-order valence-electron chi connectivity index (χ0n) is 16.6. The fourth-order valence-electron chi connectivity index (χ4n) is 3.53. The second-order valence-electron chi connectivity index (χ2n) is 8.30. The minimum atomic E-state index is 0.358. The summed E-state index contributed by atoms with van der Waals surface area (Å²) in [5.74, 6) is 3.97. The van der Waals surface area contributed by atoms with Crippen molar-refractivity contribution in [1.82, 2.24) is 19.9 Å². The molecule has 1 aliphatic heterocycles. The normalized spacial score (nSPS) is 20.6. The molecule has 0 aromatic carbocycles. The van der Waals surface area contributed by atoms with Crippen LogP contribution < -0.4 is 10.2 Å². The Kier molecular flexibility index (Phi) is 4.45. The molecule has 0 radical (unpaired) electrons. The maximum Gasteiger partial charge on any atom is 0.254 e. The molecule has 1 atom stereocenters. The first-order valence-corrected chi connectivity index (χ1v) is 10.5. The van der Waals surface area contributed by atoms with E-state index >= 15 is 0 Å². The topological polar surface area (TPSA) is 79.2 Å². The van der Waals surface area contributed by atoms with Gasteiger partial charge in [-0.15, -0.1) is 0 Å². The van der Waals surface area contributed by atoms with Gasteiger partial charge >= 0.3 is 0 Å². The second kappa shape index (κ2) is 7.11. The van der Waals surface area contributed by atoms with Gasteiger partial charge in [-0.05, 0) is 69.9 Å². The van der Waals surface area contributed by atoms with E-state index in [-0.39, 0.29) is 0 Å². The van der Waals surface area contributed by atoms with Crippen LogP contribution >= 0.6 is 0 Å². The monoisotopic (exact) mass is 377 g/mol. The van der Waals surface area contributed by atoms with Gasteiger partial charge in [0, 0.05) is 24.8 Å². The van der Waals surface area contributed by atoms with Crippen LogP contribution in [0.4, 0.5) is 17.7 Å². The summed E-state index contributed by atoms with van der Waals surface area (Å²) >= 11 is 0. The van der Waals surface area contributed by atoms with E-state index in [1.165, 1.54) is 32.1 Å². The number of hydrogen-bond donors (Lipinski definition) is 1. The van der Waals surface area contributed by atoms with E-state index in [1.807, 2.05) is 12.1 Å². The lowest BCUT2D eigenvalue weighted by molar-refractivity contribution is 0.610. The fourth-order valence-corrected chi connectivity index (χ4v) is 3.53. The van der Waals surface area contributed by atoms with Gasteiger partial charge in [-0.3, -0.25) is 0 Å². The summed E-state index contributed by atoms with van der Waals surface area (Å²) in [6.45, 7) is 6.40. The van der Waals surface area contributed by atoms with Crippen molar-refractivity contribution >= 4 is 23.4 Å². The predicted octanol–water partition coefficient (Wildman–Crippen LogP) is 3.86. The first-order valence-electron chi connectivity index (χ1n) is 10.5. The number of anilines is 2. The van der Waals surface area contributed by atoms with Crippen LogP contribution in [0, 0.1) is 11.8 Å². The van der Waals surface area contributed by atoms with Crippen LogP contribution in [0.15, 0.2) is 23.2 Å². The Labute approximate surface area is 165 Å². The highest BCUT2D eigenvalue weighted by molar-refractivity contribution is 5.88. The Morgan fingerprint density at radius 1 is 1.11 bits per heavy atom. The Morgan fingerprint density at radius 2 is 1.93 bits per heavy atom. The van der Waals surface area contributed by atoms with E-state index in [4.69, 9.17) is 9.98 Å². The van der Waals surface area contributed by atoms with Crippen molar-refractivity contribution in [3.8, 4) is 11.5 Å². The molecule has 7 nitrogen and oxygen atoms in total. The molecular weight excluding hydrogens is 350 g/mol. The summed E-state index contributed by atoms with van der Waals surface area (Å²) in [5.41, 5.74) is 1.88. The summed E-state index contributed by atoms with van der Waals surface area (Å²) in [5, 5.41) is 3.46. The minimum Gasteiger partial charge on any atom is -0.356 e. The van der Waals surface area contributed by atoms with Gasteiger partial charge in [0.1, 0.15) is 11.5 Å². The molecule has 2 aromatic heterocycles. The highest BCUT2D eigenvalue weighted by atomic mass is 15.2. The SMILES string of the molecule is C/C(=N\c1nc(N[C@H](C)C2CC2)nc(-c2cccc(N3CCC3)n2)n1)C1CC1. The second-order valence-corrected chi connectivity index (χ2v) is 8.30. The van der Waals surface area contributed by atoms with Gasteiger partial charge in [0.15, 0.2) is 5.82 Å². The van der Waals surface area contributed by atoms with E-state index in [9.17, 15) is 0 Å². The maximum atomic E-state index is 4.80. The van der Waals surface area contributed by atoms with E-state index in [0.717, 1.165) is 30.3 Å². The van der Waals surface area contributed by atoms with Crippen LogP contribution in [0.3, 0.4) is 0 Å². The van der Waals surface area contributed by atoms with Crippen LogP contribution in [0.25, 0.3) is 11.5 Å². The molecule has 7 heteroatoms. The van der Waals surface area contributed by atoms with Crippen molar-refractivity contribution < 1.29 is 0 Å². The van der Waals surface area contributed by atoms with Crippen LogP contribution in [0.5, 0.6) is 0 Å². The third-order valence-electron chi connectivity index (χ3n) is 5.90. The first kappa shape index (κ1) is 17.5. The zero-order chi connectivity index (χ0) is 19.1. The average Bonchev–Trinajstić information content (AvgIpc) is 3.53. The Morgan fingerprint density at radius 3 is 2.61 bits per heavy atom. The molecule has 3 fully saturated rings. The summed E-state index contributed by atoms with van der Waals surface area (Å²) in [4.78, 5) is 25.7. The third-order valence-corrected chi connectivity index (χ3v) is 5.90. The number of nitrogens with zero attached hydrogens (tertiary/aromatic N) is 6. The first-order chi connectivity index (χ1) is 13.7. The quantitative estimate of drug-likeness (QED) is 0.738. The van der Waals surface area contributed by atoms with Gasteiger partial charge in [0.05, 0.1) is 0 Å². The van der Waals surface area contributed by atoms with Gasteiger partial charge in [-0.1, -0.05) is 6.07 Å². The third kappa shape index (κ3) is 3.84. The Balaban J connectivity index is 1.49. The molecule has 1 saturated heterocycles. The van der Waals surface area contributed by atoms with Gasteiger partial charge in [0.25, 0.3) is 5.95 Å². The summed E-state index contributed by atoms with van der Waals surface area (Å²) in [7, 11) is 0. The van der Waals surface area contributed by atoms with Gasteiger partial charge in [0.2, 0.25) is 5.95 Å². The Hall–Kier alpha value is -2.57. The number of hydrogen-bond acceptors (Lipinski definition) is 7. The molecule has 28 heavy (non-hydrogen) atoms. The van der Waals surface area contributed by atoms with Crippen molar-refractivity contribution in [2.75, 3.05) is 23.3 Å². The van der Waals surface area contributed by atoms with Crippen LogP contribution in [-0.4, -0.2) is 44.8 Å². The lowest BCUT2D eigenvalue weighted by Gasteiger charge is -2.32. The van der Waals surface area contributed by atoms with E-state index < -0.39 is 0 Å². The molecule has 3 heterocycles. The van der Waals surface area contributed by atoms with Crippen LogP contribution in [0.2, 0.25) is 0 Å². The molecule has 2 saturated carbocycles. The highest BCUT2D eigenvalue weighted by Crippen LogP contribution is 2.34. The summed E-state index contributed by atoms with van der Waals surface area (Å²) in [6.07, 6.45) is 6.21. The van der Waals surface area contributed by atoms with Crippen molar-refractivity contribution in [3.05, 3.63) is 18.2 Å². The van der Waals surface area contributed by atoms with E-state index in [2.05, 4.69) is 45.1 Å². The largest absolute Gasteiger partial charge is 0.356 e. The molecule has 2 aliphatic carbocycles. The summed E-state index contributed by atoms with van der Waals surface area (Å²) in [6, 6.07) is 6.40. The number of nitrogens with one attached hydrogen (secondary N) is 1. The molecule has 146 valence electrons. The van der Waals surface area contributed by atoms with Gasteiger partial charge in [-0.2, -0.15) is 15.0 Å². The molecule has 3 aliphatic rings. The molecule has 0 unspecified atom stereocenters. The maximum absolute atomic E-state index is 4.80. The number of aromatic nitrogens is 4. The van der Waals surface area contributed by atoms with Gasteiger partial charge < -0.3 is 10.2 Å². The van der Waals surface area contributed by atoms with Crippen LogP contribution in [-0.2, 0) is 0 Å². The van der Waals surface area contributed by atoms with Crippen molar-refractivity contribution in [3.63, 3.8) is 0 Å². The number of rotatable bonds is 7. The molecular formula is C21H27N7. The smallest absolute Gasteiger partial charge is 0.254 e. The lowest BCUT2D eigenvalue weighted by atomic mass is 10.2. The molecule has 1 N–H and O–H groups in total. The zero-order valence-corrected chi connectivity index (χ0v) is 16.6. The van der Waals surface area contributed by atoms with E-state index in [1.54, 1.807) is 0 Å². The fraction of sp³-hybridized carbons (Fsp3) is 0.571. The average molecular weight is 377 g/mol. The molecule has 2 aromatic rings. The van der Waals surface area contributed by atoms with Crippen LogP contribution in [0.1, 0.15) is 46.0 Å². The highest BCUT2D eigenvalue weighted by Gasteiger charge is 2.29. The van der Waals surface area contributed by atoms with Gasteiger partial charge in [-0.25, -0.2) is 9.98 Å². The van der Waals surface area contributed by atoms with Crippen molar-refractivity contribution in [2.24, 2.45) is 16.8 Å². The molecule has 0 bridgehead atoms.